The molecule has 0 aliphatic carbocycles. The van der Waals surface area contributed by atoms with Gasteiger partial charge >= 0.3 is 0 Å². The molecule has 8 heteroatoms. The van der Waals surface area contributed by atoms with Crippen molar-refractivity contribution in [2.45, 2.75) is 57.7 Å². The number of nitrogen functional groups attached to an aromatic ring is 2. The molecule has 2 atom stereocenters. The normalized spacial score (nSPS) is 17.9. The van der Waals surface area contributed by atoms with E-state index in [2.05, 4.69) is 17.1 Å². The number of hydrogen-bond donors (Lipinski definition) is 5. The number of likely N-dealkylation sites (tertiary alicyclic amines) is 1. The van der Waals surface area contributed by atoms with Crippen LogP contribution >= 0.6 is 0 Å². The van der Waals surface area contributed by atoms with Crippen molar-refractivity contribution in [1.82, 2.24) is 10.2 Å². The van der Waals surface area contributed by atoms with Crippen molar-refractivity contribution in [3.05, 3.63) is 65.2 Å². The molecule has 8 nitrogen and oxygen atoms in total. The monoisotopic (exact) mass is 464 g/mol. The predicted molar refractivity (Wildman–Crippen MR) is 135 cm³/mol. The molecule has 1 aliphatic rings. The minimum atomic E-state index is -0.251. The summed E-state index contributed by atoms with van der Waals surface area (Å²) in [7, 11) is 0. The largest absolute Gasteiger partial charge is 0.489 e. The van der Waals surface area contributed by atoms with Crippen LogP contribution in [0.2, 0.25) is 0 Å². The molecule has 1 heterocycles. The first-order chi connectivity index (χ1) is 16.4. The minimum Gasteiger partial charge on any atom is -0.489 e. The molecule has 0 aromatic heterocycles. The van der Waals surface area contributed by atoms with Crippen LogP contribution in [0.15, 0.2) is 48.5 Å². The first-order valence-electron chi connectivity index (χ1n) is 11.9. The number of unbranched alkanes of at least 4 members (excludes halogenated alkanes) is 3. The SMILES string of the molecule is CCCCCCN1C[C@H](Oc2cccc(C(=N)N)c2)C[C@H]1C(=O)NCc1ccc(C(=N)N)cc1. The number of amidine groups is 2. The van der Waals surface area contributed by atoms with Crippen LogP contribution in [0.25, 0.3) is 0 Å². The summed E-state index contributed by atoms with van der Waals surface area (Å²) in [5.74, 6) is 0.688. The molecule has 0 spiro atoms. The van der Waals surface area contributed by atoms with E-state index in [-0.39, 0.29) is 29.7 Å². The lowest BCUT2D eigenvalue weighted by Crippen LogP contribution is -2.43. The lowest BCUT2D eigenvalue weighted by molar-refractivity contribution is -0.125. The van der Waals surface area contributed by atoms with E-state index < -0.39 is 0 Å². The third-order valence-corrected chi connectivity index (χ3v) is 6.15. The van der Waals surface area contributed by atoms with Gasteiger partial charge in [-0.2, -0.15) is 0 Å². The number of hydrogen-bond acceptors (Lipinski definition) is 5. The Morgan fingerprint density at radius 3 is 2.47 bits per heavy atom. The Balaban J connectivity index is 1.62. The highest BCUT2D eigenvalue weighted by molar-refractivity contribution is 5.95. The molecule has 7 N–H and O–H groups in total. The van der Waals surface area contributed by atoms with Gasteiger partial charge in [-0.15, -0.1) is 0 Å². The van der Waals surface area contributed by atoms with Crippen molar-refractivity contribution >= 4 is 17.6 Å². The Morgan fingerprint density at radius 2 is 1.79 bits per heavy atom. The van der Waals surface area contributed by atoms with Gasteiger partial charge < -0.3 is 21.5 Å². The molecule has 182 valence electrons. The maximum absolute atomic E-state index is 13.1. The van der Waals surface area contributed by atoms with E-state index in [4.69, 9.17) is 27.0 Å². The Labute approximate surface area is 201 Å². The fourth-order valence-corrected chi connectivity index (χ4v) is 4.25. The zero-order chi connectivity index (χ0) is 24.5. The van der Waals surface area contributed by atoms with Crippen molar-refractivity contribution < 1.29 is 9.53 Å². The van der Waals surface area contributed by atoms with Gasteiger partial charge in [0.25, 0.3) is 0 Å². The highest BCUT2D eigenvalue weighted by Crippen LogP contribution is 2.25. The van der Waals surface area contributed by atoms with Crippen LogP contribution in [-0.4, -0.2) is 47.7 Å². The van der Waals surface area contributed by atoms with Gasteiger partial charge in [-0.05, 0) is 30.7 Å². The number of nitrogens with two attached hydrogens (primary N) is 2. The average molecular weight is 465 g/mol. The summed E-state index contributed by atoms with van der Waals surface area (Å²) in [5.41, 5.74) is 13.4. The molecular formula is C26H36N6O2. The van der Waals surface area contributed by atoms with Crippen molar-refractivity contribution in [1.29, 1.82) is 10.8 Å². The Hall–Kier alpha value is -3.39. The maximum atomic E-state index is 13.1. The third-order valence-electron chi connectivity index (χ3n) is 6.15. The lowest BCUT2D eigenvalue weighted by Gasteiger charge is -2.23. The summed E-state index contributed by atoms with van der Waals surface area (Å²) in [5, 5.41) is 18.2. The Kier molecular flexibility index (Phi) is 9.04. The number of nitrogens with zero attached hydrogens (tertiary/aromatic N) is 1. The van der Waals surface area contributed by atoms with Crippen LogP contribution in [0.3, 0.4) is 0 Å². The second-order valence-electron chi connectivity index (χ2n) is 8.82. The van der Waals surface area contributed by atoms with E-state index >= 15 is 0 Å². The van der Waals surface area contributed by atoms with Crippen LogP contribution in [0.1, 0.15) is 55.7 Å². The summed E-state index contributed by atoms with van der Waals surface area (Å²) in [6.45, 7) is 4.15. The van der Waals surface area contributed by atoms with Crippen LogP contribution in [0, 0.1) is 10.8 Å². The van der Waals surface area contributed by atoms with Crippen LogP contribution in [-0.2, 0) is 11.3 Å². The molecule has 2 aromatic rings. The first-order valence-corrected chi connectivity index (χ1v) is 11.9. The van der Waals surface area contributed by atoms with Crippen molar-refractivity contribution in [3.8, 4) is 5.75 Å². The smallest absolute Gasteiger partial charge is 0.237 e. The fraction of sp³-hybridized carbons (Fsp3) is 0.423. The zero-order valence-electron chi connectivity index (χ0n) is 19.8. The van der Waals surface area contributed by atoms with Gasteiger partial charge in [-0.3, -0.25) is 20.5 Å². The second-order valence-corrected chi connectivity index (χ2v) is 8.82. The molecule has 1 aliphatic heterocycles. The molecule has 0 radical (unpaired) electrons. The van der Waals surface area contributed by atoms with Crippen molar-refractivity contribution in [2.75, 3.05) is 13.1 Å². The van der Waals surface area contributed by atoms with Gasteiger partial charge in [-0.25, -0.2) is 0 Å². The van der Waals surface area contributed by atoms with Crippen LogP contribution in [0.5, 0.6) is 5.75 Å². The minimum absolute atomic E-state index is 0.00279. The average Bonchev–Trinajstić information content (AvgIpc) is 3.23. The molecule has 2 aromatic carbocycles. The highest BCUT2D eigenvalue weighted by Gasteiger charge is 2.37. The molecule has 0 saturated carbocycles. The van der Waals surface area contributed by atoms with Gasteiger partial charge in [0.2, 0.25) is 5.91 Å². The Bertz CT molecular complexity index is 991. The molecule has 34 heavy (non-hydrogen) atoms. The number of ether oxygens (including phenoxy) is 1. The summed E-state index contributed by atoms with van der Waals surface area (Å²) >= 11 is 0. The van der Waals surface area contributed by atoms with E-state index in [0.717, 1.165) is 24.9 Å². The first kappa shape index (κ1) is 25.2. The van der Waals surface area contributed by atoms with Gasteiger partial charge in [0, 0.05) is 30.6 Å². The van der Waals surface area contributed by atoms with Crippen molar-refractivity contribution in [3.63, 3.8) is 0 Å². The fourth-order valence-electron chi connectivity index (χ4n) is 4.25. The van der Waals surface area contributed by atoms with Gasteiger partial charge in [0.15, 0.2) is 0 Å². The molecule has 0 unspecified atom stereocenters. The number of benzene rings is 2. The van der Waals surface area contributed by atoms with E-state index in [1.165, 1.54) is 12.8 Å². The standard InChI is InChI=1S/C26H36N6O2/c1-2-3-4-5-13-32-17-22(34-21-8-6-7-20(14-21)25(29)30)15-23(32)26(33)31-16-18-9-11-19(12-10-18)24(27)28/h6-12,14,22-23H,2-5,13,15-17H2,1H3,(H3,27,28)(H3,29,30)(H,31,33)/t22-,23+/m1/s1. The van der Waals surface area contributed by atoms with Gasteiger partial charge in [0.1, 0.15) is 23.5 Å². The molecular weight excluding hydrogens is 428 g/mol. The number of carbonyl (C=O) groups excluding carboxylic acids is 1. The number of carbonyl (C=O) groups is 1. The summed E-state index contributed by atoms with van der Waals surface area (Å²) in [6, 6.07) is 14.3. The number of nitrogens with one attached hydrogen (secondary N) is 3. The third kappa shape index (κ3) is 7.05. The zero-order valence-corrected chi connectivity index (χ0v) is 19.8. The molecule has 1 saturated heterocycles. The quantitative estimate of drug-likeness (QED) is 0.186. The maximum Gasteiger partial charge on any atom is 0.237 e. The lowest BCUT2D eigenvalue weighted by atomic mass is 10.1. The van der Waals surface area contributed by atoms with E-state index in [0.29, 0.717) is 36.4 Å². The van der Waals surface area contributed by atoms with E-state index in [1.54, 1.807) is 24.3 Å². The summed E-state index contributed by atoms with van der Waals surface area (Å²) < 4.78 is 6.20. The molecule has 0 bridgehead atoms. The molecule has 1 fully saturated rings. The predicted octanol–water partition coefficient (Wildman–Crippen LogP) is 2.97. The number of amides is 1. The molecule has 3 rings (SSSR count). The second kappa shape index (κ2) is 12.2. The topological polar surface area (TPSA) is 141 Å². The van der Waals surface area contributed by atoms with E-state index in [9.17, 15) is 4.79 Å². The van der Waals surface area contributed by atoms with Crippen molar-refractivity contribution in [2.24, 2.45) is 11.5 Å². The molecule has 1 amide bonds. The summed E-state index contributed by atoms with van der Waals surface area (Å²) in [4.78, 5) is 15.4. The highest BCUT2D eigenvalue weighted by atomic mass is 16.5. The Morgan fingerprint density at radius 1 is 1.06 bits per heavy atom. The number of rotatable bonds is 12. The summed E-state index contributed by atoms with van der Waals surface area (Å²) in [6.07, 6.45) is 5.06. The van der Waals surface area contributed by atoms with E-state index in [1.807, 2.05) is 24.3 Å². The van der Waals surface area contributed by atoms with Crippen LogP contribution < -0.4 is 21.5 Å². The van der Waals surface area contributed by atoms with Gasteiger partial charge in [0.05, 0.1) is 6.04 Å². The van der Waals surface area contributed by atoms with Gasteiger partial charge in [-0.1, -0.05) is 62.6 Å². The van der Waals surface area contributed by atoms with Crippen LogP contribution in [0.4, 0.5) is 0 Å².